The van der Waals surface area contributed by atoms with Crippen LogP contribution in [0.5, 0.6) is 0 Å². The van der Waals surface area contributed by atoms with Crippen LogP contribution in [0.25, 0.3) is 0 Å². The smallest absolute Gasteiger partial charge is 0.311 e. The summed E-state index contributed by atoms with van der Waals surface area (Å²) in [5, 5.41) is 0. The molecular formula is C7H13NO2. The van der Waals surface area contributed by atoms with Crippen molar-refractivity contribution in [3.05, 3.63) is 0 Å². The van der Waals surface area contributed by atoms with Gasteiger partial charge in [0, 0.05) is 12.8 Å². The van der Waals surface area contributed by atoms with Gasteiger partial charge >= 0.3 is 5.97 Å². The Morgan fingerprint density at radius 3 is 2.50 bits per heavy atom. The van der Waals surface area contributed by atoms with Gasteiger partial charge in [-0.3, -0.25) is 9.79 Å². The van der Waals surface area contributed by atoms with Crippen molar-refractivity contribution in [3.8, 4) is 0 Å². The molecule has 0 heterocycles. The number of aliphatic imine (C=N–C) groups is 1. The van der Waals surface area contributed by atoms with Gasteiger partial charge < -0.3 is 4.74 Å². The van der Waals surface area contributed by atoms with Crippen molar-refractivity contribution in [2.24, 2.45) is 4.99 Å². The van der Waals surface area contributed by atoms with Gasteiger partial charge in [0.2, 0.25) is 0 Å². The molecule has 0 N–H and O–H groups in total. The minimum atomic E-state index is -0.220. The molecule has 0 atom stereocenters. The Morgan fingerprint density at radius 2 is 2.20 bits per heavy atom. The molecule has 0 rings (SSSR count). The number of rotatable bonds is 3. The highest BCUT2D eigenvalue weighted by Gasteiger charge is 2.03. The van der Waals surface area contributed by atoms with Crippen molar-refractivity contribution in [1.82, 2.24) is 0 Å². The monoisotopic (exact) mass is 143 g/mol. The van der Waals surface area contributed by atoms with Gasteiger partial charge in [0.15, 0.2) is 0 Å². The summed E-state index contributed by atoms with van der Waals surface area (Å²) < 4.78 is 4.46. The maximum Gasteiger partial charge on any atom is 0.311 e. The first-order valence-electron chi connectivity index (χ1n) is 3.26. The molecule has 58 valence electrons. The summed E-state index contributed by atoms with van der Waals surface area (Å²) in [4.78, 5) is 14.5. The molecule has 0 aliphatic rings. The Bertz CT molecular complexity index is 141. The highest BCUT2D eigenvalue weighted by molar-refractivity contribution is 5.98. The van der Waals surface area contributed by atoms with E-state index < -0.39 is 0 Å². The predicted molar refractivity (Wildman–Crippen MR) is 40.3 cm³/mol. The van der Waals surface area contributed by atoms with Gasteiger partial charge in [-0.15, -0.1) is 0 Å². The molecule has 10 heavy (non-hydrogen) atoms. The van der Waals surface area contributed by atoms with Crippen molar-refractivity contribution in [3.63, 3.8) is 0 Å². The van der Waals surface area contributed by atoms with E-state index in [0.717, 1.165) is 12.1 Å². The van der Waals surface area contributed by atoms with Crippen LogP contribution in [0.2, 0.25) is 0 Å². The third-order valence-corrected chi connectivity index (χ3v) is 1.30. The maximum absolute atomic E-state index is 10.6. The zero-order chi connectivity index (χ0) is 7.98. The molecule has 3 nitrogen and oxygen atoms in total. The van der Waals surface area contributed by atoms with Crippen molar-refractivity contribution < 1.29 is 9.53 Å². The van der Waals surface area contributed by atoms with Crippen LogP contribution in [0.15, 0.2) is 4.99 Å². The van der Waals surface area contributed by atoms with E-state index >= 15 is 0 Å². The Morgan fingerprint density at radius 1 is 1.60 bits per heavy atom. The number of carbonyl (C=O) groups is 1. The van der Waals surface area contributed by atoms with Gasteiger partial charge in [-0.05, 0) is 6.42 Å². The Kier molecular flexibility index (Phi) is 4.54. The van der Waals surface area contributed by atoms with E-state index in [2.05, 4.69) is 9.73 Å². The number of methoxy groups -OCH3 is 1. The summed E-state index contributed by atoms with van der Waals surface area (Å²) in [5.74, 6) is -0.220. The quantitative estimate of drug-likeness (QED) is 0.437. The molecule has 0 fully saturated rings. The summed E-state index contributed by atoms with van der Waals surface area (Å²) in [7, 11) is 3.06. The van der Waals surface area contributed by atoms with Crippen molar-refractivity contribution >= 4 is 11.7 Å². The average molecular weight is 143 g/mol. The van der Waals surface area contributed by atoms with Crippen molar-refractivity contribution in [1.29, 1.82) is 0 Å². The van der Waals surface area contributed by atoms with Gasteiger partial charge in [-0.2, -0.15) is 0 Å². The van der Waals surface area contributed by atoms with Crippen LogP contribution in [0, 0.1) is 0 Å². The van der Waals surface area contributed by atoms with Gasteiger partial charge in [0.05, 0.1) is 13.5 Å². The van der Waals surface area contributed by atoms with Gasteiger partial charge in [-0.25, -0.2) is 0 Å². The van der Waals surface area contributed by atoms with Crippen LogP contribution in [-0.4, -0.2) is 25.8 Å². The molecular weight excluding hydrogens is 130 g/mol. The third-order valence-electron chi connectivity index (χ3n) is 1.30. The normalized spacial score (nSPS) is 11.3. The van der Waals surface area contributed by atoms with Gasteiger partial charge in [0.1, 0.15) is 0 Å². The number of hydrogen-bond donors (Lipinski definition) is 0. The fourth-order valence-corrected chi connectivity index (χ4v) is 0.601. The first-order valence-corrected chi connectivity index (χ1v) is 3.26. The molecule has 0 amide bonds. The second kappa shape index (κ2) is 4.97. The van der Waals surface area contributed by atoms with E-state index in [1.165, 1.54) is 7.11 Å². The average Bonchev–Trinajstić information content (AvgIpc) is 1.99. The Labute approximate surface area is 61.1 Å². The van der Waals surface area contributed by atoms with E-state index in [1.54, 1.807) is 7.05 Å². The number of carbonyl (C=O) groups excluding carboxylic acids is 1. The lowest BCUT2D eigenvalue weighted by molar-refractivity contribution is -0.139. The van der Waals surface area contributed by atoms with Crippen LogP contribution < -0.4 is 0 Å². The molecule has 0 saturated carbocycles. The fraction of sp³-hybridized carbons (Fsp3) is 0.714. The molecule has 0 aromatic heterocycles. The van der Waals surface area contributed by atoms with E-state index in [9.17, 15) is 4.79 Å². The van der Waals surface area contributed by atoms with Crippen molar-refractivity contribution in [2.45, 2.75) is 19.8 Å². The molecule has 3 heteroatoms. The first-order chi connectivity index (χ1) is 4.74. The molecule has 0 saturated heterocycles. The highest BCUT2D eigenvalue weighted by atomic mass is 16.5. The Balaban J connectivity index is 3.76. The predicted octanol–water partition coefficient (Wildman–Crippen LogP) is 1.03. The largest absolute Gasteiger partial charge is 0.469 e. The highest BCUT2D eigenvalue weighted by Crippen LogP contribution is 1.93. The molecule has 0 aliphatic heterocycles. The molecule has 0 unspecified atom stereocenters. The van der Waals surface area contributed by atoms with Crippen LogP contribution in [0.3, 0.4) is 0 Å². The van der Waals surface area contributed by atoms with E-state index in [-0.39, 0.29) is 5.97 Å². The zero-order valence-corrected chi connectivity index (χ0v) is 6.68. The topological polar surface area (TPSA) is 38.7 Å². The molecule has 0 radical (unpaired) electrons. The van der Waals surface area contributed by atoms with Gasteiger partial charge in [0.25, 0.3) is 0 Å². The van der Waals surface area contributed by atoms with E-state index in [1.807, 2.05) is 6.92 Å². The standard InChI is InChI=1S/C7H13NO2/c1-4-6(8-2)5-7(9)10-3/h4-5H2,1-3H3. The lowest BCUT2D eigenvalue weighted by Gasteiger charge is -1.99. The molecule has 0 aromatic rings. The fourth-order valence-electron chi connectivity index (χ4n) is 0.601. The summed E-state index contributed by atoms with van der Waals surface area (Å²) in [6.07, 6.45) is 1.13. The summed E-state index contributed by atoms with van der Waals surface area (Å²) in [6.45, 7) is 1.96. The molecule has 0 aliphatic carbocycles. The minimum absolute atomic E-state index is 0.220. The summed E-state index contributed by atoms with van der Waals surface area (Å²) in [6, 6.07) is 0. The second-order valence-corrected chi connectivity index (χ2v) is 1.90. The minimum Gasteiger partial charge on any atom is -0.469 e. The number of esters is 1. The number of hydrogen-bond acceptors (Lipinski definition) is 3. The zero-order valence-electron chi connectivity index (χ0n) is 6.68. The van der Waals surface area contributed by atoms with Crippen LogP contribution in [0.1, 0.15) is 19.8 Å². The molecule has 0 bridgehead atoms. The maximum atomic E-state index is 10.6. The summed E-state index contributed by atoms with van der Waals surface area (Å²) >= 11 is 0. The van der Waals surface area contributed by atoms with Crippen LogP contribution >= 0.6 is 0 Å². The van der Waals surface area contributed by atoms with Crippen LogP contribution in [0.4, 0.5) is 0 Å². The lowest BCUT2D eigenvalue weighted by atomic mass is 10.2. The first kappa shape index (κ1) is 9.14. The van der Waals surface area contributed by atoms with Crippen LogP contribution in [-0.2, 0) is 9.53 Å². The molecule has 0 spiro atoms. The van der Waals surface area contributed by atoms with Crippen molar-refractivity contribution in [2.75, 3.05) is 14.2 Å². The SMILES string of the molecule is CCC(CC(=O)OC)=NC. The lowest BCUT2D eigenvalue weighted by Crippen LogP contribution is -2.08. The third kappa shape index (κ3) is 3.22. The van der Waals surface area contributed by atoms with Gasteiger partial charge in [-0.1, -0.05) is 6.92 Å². The Hall–Kier alpha value is -0.860. The summed E-state index contributed by atoms with van der Waals surface area (Å²) in [5.41, 5.74) is 0.881. The number of nitrogens with zero attached hydrogens (tertiary/aromatic N) is 1. The van der Waals surface area contributed by atoms with E-state index in [0.29, 0.717) is 6.42 Å². The second-order valence-electron chi connectivity index (χ2n) is 1.90. The van der Waals surface area contributed by atoms with E-state index in [4.69, 9.17) is 0 Å². The number of ether oxygens (including phenoxy) is 1. The molecule has 0 aromatic carbocycles.